The number of hydrogen-bond donors (Lipinski definition) is 2. The van der Waals surface area contributed by atoms with Crippen molar-refractivity contribution in [3.8, 4) is 34.4 Å². The molecule has 104 valence electrons. The molecule has 0 saturated carbocycles. The Morgan fingerprint density at radius 3 is 1.48 bits per heavy atom. The van der Waals surface area contributed by atoms with Crippen molar-refractivity contribution in [2.24, 2.45) is 0 Å². The topological polar surface area (TPSA) is 40.5 Å². The Morgan fingerprint density at radius 2 is 1.10 bits per heavy atom. The van der Waals surface area contributed by atoms with Gasteiger partial charge >= 0.3 is 0 Å². The van der Waals surface area contributed by atoms with E-state index < -0.39 is 8.07 Å². The van der Waals surface area contributed by atoms with E-state index in [0.29, 0.717) is 11.1 Å². The molecule has 2 aromatic carbocycles. The number of aromatic hydroxyl groups is 2. The summed E-state index contributed by atoms with van der Waals surface area (Å²) in [5.74, 6) is 6.37. The van der Waals surface area contributed by atoms with Crippen molar-refractivity contribution in [1.82, 2.24) is 0 Å². The van der Waals surface area contributed by atoms with Crippen LogP contribution in [-0.4, -0.2) is 18.3 Å². The van der Waals surface area contributed by atoms with E-state index in [9.17, 15) is 10.2 Å². The second-order valence-corrected chi connectivity index (χ2v) is 8.91. The predicted molar refractivity (Wildman–Crippen MR) is 87.5 cm³/mol. The quantitative estimate of drug-likeness (QED) is 0.578. The van der Waals surface area contributed by atoms with Crippen molar-refractivity contribution >= 4 is 8.07 Å². The van der Waals surface area contributed by atoms with Crippen molar-refractivity contribution in [2.75, 3.05) is 0 Å². The molecule has 0 amide bonds. The fourth-order valence-electron chi connectivity index (χ4n) is 1.64. The Labute approximate surface area is 126 Å². The van der Waals surface area contributed by atoms with Gasteiger partial charge in [0.25, 0.3) is 0 Å². The average molecular weight is 292 g/mol. The molecule has 21 heavy (non-hydrogen) atoms. The fraction of sp³-hybridized carbons (Fsp3) is 0.111. The molecular weight excluding hydrogens is 276 g/mol. The molecule has 0 heterocycles. The maximum atomic E-state index is 9.70. The van der Waals surface area contributed by atoms with Gasteiger partial charge in [-0.15, -0.1) is 11.1 Å². The summed E-state index contributed by atoms with van der Waals surface area (Å²) in [4.78, 5) is 0. The van der Waals surface area contributed by atoms with Crippen molar-refractivity contribution in [3.63, 3.8) is 0 Å². The fourth-order valence-corrected chi connectivity index (χ4v) is 2.59. The van der Waals surface area contributed by atoms with Crippen LogP contribution in [0.2, 0.25) is 13.1 Å². The number of para-hydroxylation sites is 2. The zero-order valence-electron chi connectivity index (χ0n) is 12.0. The number of rotatable bonds is 0. The van der Waals surface area contributed by atoms with Crippen LogP contribution in [-0.2, 0) is 0 Å². The molecule has 0 unspecified atom stereocenters. The molecule has 0 spiro atoms. The van der Waals surface area contributed by atoms with Gasteiger partial charge in [-0.1, -0.05) is 36.1 Å². The van der Waals surface area contributed by atoms with E-state index >= 15 is 0 Å². The second kappa shape index (κ2) is 6.22. The van der Waals surface area contributed by atoms with E-state index in [0.717, 1.165) is 0 Å². The molecule has 2 aromatic rings. The van der Waals surface area contributed by atoms with Crippen LogP contribution in [0.3, 0.4) is 0 Å². The van der Waals surface area contributed by atoms with Gasteiger partial charge in [-0.25, -0.2) is 0 Å². The van der Waals surface area contributed by atoms with Crippen LogP contribution in [0.1, 0.15) is 11.1 Å². The summed E-state index contributed by atoms with van der Waals surface area (Å²) in [6, 6.07) is 14.0. The van der Waals surface area contributed by atoms with Gasteiger partial charge in [-0.2, -0.15) is 0 Å². The summed E-state index contributed by atoms with van der Waals surface area (Å²) in [6.07, 6.45) is 0. The Balaban J connectivity index is 2.26. The first-order valence-corrected chi connectivity index (χ1v) is 9.60. The number of phenols is 2. The molecule has 0 atom stereocenters. The highest BCUT2D eigenvalue weighted by atomic mass is 28.3. The van der Waals surface area contributed by atoms with Crippen molar-refractivity contribution in [1.29, 1.82) is 0 Å². The van der Waals surface area contributed by atoms with E-state index in [2.05, 4.69) is 22.9 Å². The molecular formula is C18H16O2Si. The minimum Gasteiger partial charge on any atom is -0.507 e. The van der Waals surface area contributed by atoms with Crippen LogP contribution < -0.4 is 0 Å². The predicted octanol–water partition coefficient (Wildman–Crippen LogP) is 3.29. The van der Waals surface area contributed by atoms with E-state index in [1.54, 1.807) is 36.4 Å². The van der Waals surface area contributed by atoms with Gasteiger partial charge in [0.2, 0.25) is 8.07 Å². The van der Waals surface area contributed by atoms with Gasteiger partial charge in [-0.05, 0) is 37.4 Å². The van der Waals surface area contributed by atoms with Gasteiger partial charge in [-0.3, -0.25) is 0 Å². The number of phenolic OH excluding ortho intramolecular Hbond substituents is 2. The lowest BCUT2D eigenvalue weighted by Crippen LogP contribution is -2.21. The molecule has 0 aliphatic rings. The van der Waals surface area contributed by atoms with Crippen LogP contribution in [0.4, 0.5) is 0 Å². The van der Waals surface area contributed by atoms with Crippen LogP contribution in [0.15, 0.2) is 48.5 Å². The van der Waals surface area contributed by atoms with Crippen molar-refractivity contribution in [3.05, 3.63) is 59.7 Å². The zero-order chi connectivity index (χ0) is 15.3. The van der Waals surface area contributed by atoms with E-state index in [-0.39, 0.29) is 11.5 Å². The minimum atomic E-state index is -2.06. The van der Waals surface area contributed by atoms with Gasteiger partial charge in [0.05, 0.1) is 11.1 Å². The van der Waals surface area contributed by atoms with Crippen LogP contribution in [0.25, 0.3) is 0 Å². The summed E-state index contributed by atoms with van der Waals surface area (Å²) in [5.41, 5.74) is 7.59. The molecule has 0 aliphatic heterocycles. The van der Waals surface area contributed by atoms with Gasteiger partial charge in [0, 0.05) is 0 Å². The molecule has 0 bridgehead atoms. The second-order valence-electron chi connectivity index (χ2n) is 5.16. The molecule has 0 saturated heterocycles. The van der Waals surface area contributed by atoms with Gasteiger partial charge in [0.15, 0.2) is 0 Å². The third kappa shape index (κ3) is 4.17. The lowest BCUT2D eigenvalue weighted by atomic mass is 10.2. The van der Waals surface area contributed by atoms with Gasteiger partial charge < -0.3 is 10.2 Å². The minimum absolute atomic E-state index is 0.184. The summed E-state index contributed by atoms with van der Waals surface area (Å²) in [5, 5.41) is 19.4. The monoisotopic (exact) mass is 292 g/mol. The molecule has 0 fully saturated rings. The Kier molecular flexibility index (Phi) is 4.38. The van der Waals surface area contributed by atoms with Gasteiger partial charge in [0.1, 0.15) is 11.5 Å². The molecule has 2 nitrogen and oxygen atoms in total. The number of hydrogen-bond acceptors (Lipinski definition) is 2. The lowest BCUT2D eigenvalue weighted by molar-refractivity contribution is 0.473. The maximum Gasteiger partial charge on any atom is 0.211 e. The molecule has 3 heteroatoms. The molecule has 2 rings (SSSR count). The highest BCUT2D eigenvalue weighted by Crippen LogP contribution is 2.15. The standard InChI is InChI=1S/C18H16O2Si/c1-21(2,13-11-15-7-3-5-9-17(15)19)14-12-16-8-4-6-10-18(16)20/h3-10,19-20H,1-2H3. The first kappa shape index (κ1) is 14.8. The normalized spacial score (nSPS) is 10.0. The summed E-state index contributed by atoms with van der Waals surface area (Å²) >= 11 is 0. The third-order valence-corrected chi connectivity index (χ3v) is 4.33. The summed E-state index contributed by atoms with van der Waals surface area (Å²) in [7, 11) is -2.06. The lowest BCUT2D eigenvalue weighted by Gasteiger charge is -2.04. The van der Waals surface area contributed by atoms with Crippen LogP contribution in [0.5, 0.6) is 11.5 Å². The summed E-state index contributed by atoms with van der Waals surface area (Å²) in [6.45, 7) is 4.07. The average Bonchev–Trinajstić information content (AvgIpc) is 2.46. The van der Waals surface area contributed by atoms with E-state index in [4.69, 9.17) is 0 Å². The third-order valence-electron chi connectivity index (χ3n) is 2.83. The highest BCUT2D eigenvalue weighted by Gasteiger charge is 2.14. The molecule has 0 aromatic heterocycles. The highest BCUT2D eigenvalue weighted by molar-refractivity contribution is 6.92. The van der Waals surface area contributed by atoms with Crippen LogP contribution >= 0.6 is 0 Å². The molecule has 2 N–H and O–H groups in total. The van der Waals surface area contributed by atoms with Crippen molar-refractivity contribution < 1.29 is 10.2 Å². The van der Waals surface area contributed by atoms with E-state index in [1.165, 1.54) is 0 Å². The first-order chi connectivity index (χ1) is 9.98. The molecule has 0 radical (unpaired) electrons. The van der Waals surface area contributed by atoms with Crippen LogP contribution in [0, 0.1) is 22.9 Å². The SMILES string of the molecule is C[Si](C)(C#Cc1ccccc1O)C#Cc1ccccc1O. The smallest absolute Gasteiger partial charge is 0.211 e. The maximum absolute atomic E-state index is 9.70. The first-order valence-electron chi connectivity index (χ1n) is 6.60. The number of benzene rings is 2. The van der Waals surface area contributed by atoms with Crippen molar-refractivity contribution in [2.45, 2.75) is 13.1 Å². The largest absolute Gasteiger partial charge is 0.507 e. The Morgan fingerprint density at radius 1 is 0.714 bits per heavy atom. The Bertz CT molecular complexity index is 705. The Hall–Kier alpha value is -2.62. The van der Waals surface area contributed by atoms with E-state index in [1.807, 2.05) is 25.2 Å². The molecule has 0 aliphatic carbocycles. The summed E-state index contributed by atoms with van der Waals surface area (Å²) < 4.78 is 0. The zero-order valence-corrected chi connectivity index (χ0v) is 13.0.